The lowest BCUT2D eigenvalue weighted by Gasteiger charge is -2.13. The lowest BCUT2D eigenvalue weighted by molar-refractivity contribution is 0.283. The smallest absolute Gasteiger partial charge is 0.223 e. The highest BCUT2D eigenvalue weighted by atomic mass is 79.9. The Kier molecular flexibility index (Phi) is 4.42. The first kappa shape index (κ1) is 16.7. The molecule has 0 aliphatic heterocycles. The Morgan fingerprint density at radius 3 is 2.71 bits per heavy atom. The zero-order chi connectivity index (χ0) is 17.4. The normalized spacial score (nSPS) is 11.2. The molecule has 3 N–H and O–H groups in total. The average Bonchev–Trinajstić information content (AvgIpc) is 2.88. The maximum Gasteiger partial charge on any atom is 0.223 e. The predicted molar refractivity (Wildman–Crippen MR) is 94.9 cm³/mol. The molecule has 24 heavy (non-hydrogen) atoms. The molecule has 126 valence electrons. The highest BCUT2D eigenvalue weighted by molar-refractivity contribution is 9.10. The topological polar surface area (TPSA) is 99.1 Å². The van der Waals surface area contributed by atoms with Crippen molar-refractivity contribution in [1.82, 2.24) is 19.5 Å². The number of methoxy groups -OCH3 is 1. The van der Waals surface area contributed by atoms with Crippen molar-refractivity contribution in [2.24, 2.45) is 0 Å². The van der Waals surface area contributed by atoms with E-state index in [1.54, 1.807) is 7.11 Å². The van der Waals surface area contributed by atoms with Gasteiger partial charge in [0.25, 0.3) is 0 Å². The van der Waals surface area contributed by atoms with E-state index in [4.69, 9.17) is 10.5 Å². The van der Waals surface area contributed by atoms with E-state index in [1.165, 1.54) is 0 Å². The Labute approximate surface area is 147 Å². The summed E-state index contributed by atoms with van der Waals surface area (Å²) in [5.74, 6) is 0.955. The maximum atomic E-state index is 9.63. The molecule has 0 radical (unpaired) electrons. The van der Waals surface area contributed by atoms with Gasteiger partial charge in [0, 0.05) is 18.0 Å². The van der Waals surface area contributed by atoms with Crippen molar-refractivity contribution in [3.63, 3.8) is 0 Å². The standard InChI is InChI=1S/C16H18BrN5O2/c1-8-10(4-19-9(2)13(8)24-3)5-22-6-11(7-23)12-14(17)20-16(18)21-15(12)22/h4,6,23H,5,7H2,1-3H3,(H2,18,20,21). The highest BCUT2D eigenvalue weighted by Crippen LogP contribution is 2.30. The molecule has 8 heteroatoms. The molecule has 0 amide bonds. The number of aryl methyl sites for hydroxylation is 1. The van der Waals surface area contributed by atoms with Gasteiger partial charge in [0.1, 0.15) is 16.0 Å². The molecule has 0 aliphatic carbocycles. The Balaban J connectivity index is 2.15. The van der Waals surface area contributed by atoms with Crippen LogP contribution in [0, 0.1) is 13.8 Å². The summed E-state index contributed by atoms with van der Waals surface area (Å²) >= 11 is 3.40. The molecule has 0 atom stereocenters. The number of nitrogen functional groups attached to an aromatic ring is 1. The van der Waals surface area contributed by atoms with Crippen LogP contribution < -0.4 is 10.5 Å². The highest BCUT2D eigenvalue weighted by Gasteiger charge is 2.16. The average molecular weight is 392 g/mol. The monoisotopic (exact) mass is 391 g/mol. The number of nitrogens with two attached hydrogens (primary N) is 1. The summed E-state index contributed by atoms with van der Waals surface area (Å²) < 4.78 is 7.95. The molecular formula is C16H18BrN5O2. The number of nitrogens with zero attached hydrogens (tertiary/aromatic N) is 4. The number of aliphatic hydroxyl groups is 1. The number of hydrogen-bond donors (Lipinski definition) is 2. The van der Waals surface area contributed by atoms with E-state index in [2.05, 4.69) is 30.9 Å². The fourth-order valence-electron chi connectivity index (χ4n) is 2.87. The first-order chi connectivity index (χ1) is 11.5. The summed E-state index contributed by atoms with van der Waals surface area (Å²) in [6.45, 7) is 4.34. The number of ether oxygens (including phenoxy) is 1. The van der Waals surface area contributed by atoms with E-state index in [0.717, 1.165) is 33.5 Å². The predicted octanol–water partition coefficient (Wildman–Crippen LogP) is 2.34. The van der Waals surface area contributed by atoms with E-state index in [0.29, 0.717) is 16.8 Å². The number of halogens is 1. The zero-order valence-corrected chi connectivity index (χ0v) is 15.3. The Morgan fingerprint density at radius 1 is 1.29 bits per heavy atom. The molecule has 0 aromatic carbocycles. The van der Waals surface area contributed by atoms with Gasteiger partial charge in [-0.2, -0.15) is 4.98 Å². The molecule has 0 spiro atoms. The van der Waals surface area contributed by atoms with E-state index >= 15 is 0 Å². The number of aliphatic hydroxyl groups excluding tert-OH is 1. The number of anilines is 1. The van der Waals surface area contributed by atoms with Crippen molar-refractivity contribution in [1.29, 1.82) is 0 Å². The summed E-state index contributed by atoms with van der Waals surface area (Å²) in [6, 6.07) is 0. The van der Waals surface area contributed by atoms with Crippen LogP contribution in [0.2, 0.25) is 0 Å². The molecule has 3 heterocycles. The molecular weight excluding hydrogens is 374 g/mol. The number of hydrogen-bond acceptors (Lipinski definition) is 6. The van der Waals surface area contributed by atoms with Gasteiger partial charge in [-0.15, -0.1) is 0 Å². The summed E-state index contributed by atoms with van der Waals surface area (Å²) in [5.41, 5.74) is 10.1. The molecule has 0 saturated carbocycles. The van der Waals surface area contributed by atoms with Gasteiger partial charge in [0.05, 0.1) is 31.3 Å². The maximum absolute atomic E-state index is 9.63. The molecule has 0 fully saturated rings. The Hall–Kier alpha value is -2.19. The van der Waals surface area contributed by atoms with Gasteiger partial charge in [-0.05, 0) is 40.9 Å². The number of pyridine rings is 1. The lowest BCUT2D eigenvalue weighted by atomic mass is 10.1. The molecule has 3 aromatic heterocycles. The minimum atomic E-state index is -0.107. The second-order valence-electron chi connectivity index (χ2n) is 5.54. The number of aromatic nitrogens is 4. The lowest BCUT2D eigenvalue weighted by Crippen LogP contribution is -2.06. The van der Waals surface area contributed by atoms with E-state index < -0.39 is 0 Å². The van der Waals surface area contributed by atoms with Gasteiger partial charge in [-0.3, -0.25) is 4.98 Å². The Morgan fingerprint density at radius 2 is 2.04 bits per heavy atom. The molecule has 0 unspecified atom stereocenters. The second-order valence-corrected chi connectivity index (χ2v) is 6.29. The van der Waals surface area contributed by atoms with Gasteiger partial charge in [0.15, 0.2) is 0 Å². The molecule has 0 aliphatic rings. The SMILES string of the molecule is COc1c(C)ncc(Cn2cc(CO)c3c(Br)nc(N)nc32)c1C. The third-order valence-electron chi connectivity index (χ3n) is 4.05. The van der Waals surface area contributed by atoms with Crippen LogP contribution in [-0.4, -0.2) is 31.7 Å². The third-order valence-corrected chi connectivity index (χ3v) is 4.62. The first-order valence-corrected chi connectivity index (χ1v) is 8.16. The van der Waals surface area contributed by atoms with Crippen molar-refractivity contribution in [3.8, 4) is 5.75 Å². The van der Waals surface area contributed by atoms with Crippen molar-refractivity contribution >= 4 is 32.9 Å². The number of rotatable bonds is 4. The van der Waals surface area contributed by atoms with Crippen LogP contribution in [0.4, 0.5) is 5.95 Å². The van der Waals surface area contributed by atoms with E-state index in [-0.39, 0.29) is 12.6 Å². The van der Waals surface area contributed by atoms with Crippen LogP contribution in [-0.2, 0) is 13.2 Å². The minimum absolute atomic E-state index is 0.107. The van der Waals surface area contributed by atoms with Gasteiger partial charge < -0.3 is 20.1 Å². The van der Waals surface area contributed by atoms with Gasteiger partial charge in [-0.1, -0.05) is 0 Å². The fourth-order valence-corrected chi connectivity index (χ4v) is 3.48. The molecule has 7 nitrogen and oxygen atoms in total. The van der Waals surface area contributed by atoms with Crippen LogP contribution in [0.25, 0.3) is 11.0 Å². The molecule has 3 aromatic rings. The zero-order valence-electron chi connectivity index (χ0n) is 13.7. The summed E-state index contributed by atoms with van der Waals surface area (Å²) in [6.07, 6.45) is 3.69. The van der Waals surface area contributed by atoms with E-state index in [9.17, 15) is 5.11 Å². The second kappa shape index (κ2) is 6.37. The molecule has 3 rings (SSSR count). The third kappa shape index (κ3) is 2.71. The quantitative estimate of drug-likeness (QED) is 0.662. The van der Waals surface area contributed by atoms with Crippen LogP contribution in [0.3, 0.4) is 0 Å². The van der Waals surface area contributed by atoms with Crippen molar-refractivity contribution in [2.75, 3.05) is 12.8 Å². The molecule has 0 saturated heterocycles. The van der Waals surface area contributed by atoms with Crippen LogP contribution in [0.1, 0.15) is 22.4 Å². The minimum Gasteiger partial charge on any atom is -0.495 e. The summed E-state index contributed by atoms with van der Waals surface area (Å²) in [5, 5.41) is 10.4. The summed E-state index contributed by atoms with van der Waals surface area (Å²) in [4.78, 5) is 12.8. The van der Waals surface area contributed by atoms with Gasteiger partial charge in [-0.25, -0.2) is 4.98 Å². The van der Waals surface area contributed by atoms with Crippen molar-refractivity contribution < 1.29 is 9.84 Å². The largest absolute Gasteiger partial charge is 0.495 e. The fraction of sp³-hybridized carbons (Fsp3) is 0.312. The summed E-state index contributed by atoms with van der Waals surface area (Å²) in [7, 11) is 1.64. The Bertz CT molecular complexity index is 923. The first-order valence-electron chi connectivity index (χ1n) is 7.36. The van der Waals surface area contributed by atoms with Crippen molar-refractivity contribution in [2.45, 2.75) is 27.0 Å². The number of fused-ring (bicyclic) bond motifs is 1. The van der Waals surface area contributed by atoms with Crippen molar-refractivity contribution in [3.05, 3.63) is 39.4 Å². The van der Waals surface area contributed by atoms with E-state index in [1.807, 2.05) is 30.8 Å². The van der Waals surface area contributed by atoms with Crippen LogP contribution in [0.15, 0.2) is 17.0 Å². The van der Waals surface area contributed by atoms with Crippen LogP contribution >= 0.6 is 15.9 Å². The van der Waals surface area contributed by atoms with Gasteiger partial charge >= 0.3 is 0 Å². The molecule has 0 bridgehead atoms. The van der Waals surface area contributed by atoms with Gasteiger partial charge in [0.2, 0.25) is 5.95 Å². The van der Waals surface area contributed by atoms with Crippen LogP contribution in [0.5, 0.6) is 5.75 Å².